The fourth-order valence-corrected chi connectivity index (χ4v) is 2.49. The maximum atomic E-state index is 11.4. The number of fused-ring (bicyclic) bond motifs is 1. The number of hydrogen-bond acceptors (Lipinski definition) is 2. The fourth-order valence-electron chi connectivity index (χ4n) is 2.49. The Morgan fingerprint density at radius 3 is 2.67 bits per heavy atom. The zero-order valence-corrected chi connectivity index (χ0v) is 10.6. The van der Waals surface area contributed by atoms with E-state index < -0.39 is 5.97 Å². The largest absolute Gasteiger partial charge is 0.477 e. The molecule has 0 bridgehead atoms. The Balaban J connectivity index is 2.76. The van der Waals surface area contributed by atoms with Gasteiger partial charge in [-0.15, -0.1) is 0 Å². The van der Waals surface area contributed by atoms with Crippen LogP contribution in [0.5, 0.6) is 0 Å². The van der Waals surface area contributed by atoms with Gasteiger partial charge in [-0.1, -0.05) is 18.2 Å². The number of aromatic carboxylic acids is 1. The second-order valence-corrected chi connectivity index (χ2v) is 4.48. The molecular weight excluding hydrogens is 230 g/mol. The summed E-state index contributed by atoms with van der Waals surface area (Å²) >= 11 is 0. The number of carboxylic acid groups (broad SMARTS) is 1. The van der Waals surface area contributed by atoms with Gasteiger partial charge >= 0.3 is 5.97 Å². The molecule has 0 spiro atoms. The van der Waals surface area contributed by atoms with Crippen molar-refractivity contribution in [3.05, 3.63) is 35.0 Å². The van der Waals surface area contributed by atoms with Gasteiger partial charge < -0.3 is 14.8 Å². The van der Waals surface area contributed by atoms with Crippen molar-refractivity contribution in [2.75, 3.05) is 6.61 Å². The first kappa shape index (κ1) is 12.6. The minimum atomic E-state index is -0.916. The number of aryl methyl sites for hydroxylation is 3. The lowest BCUT2D eigenvalue weighted by Crippen LogP contribution is -2.11. The number of aromatic nitrogens is 1. The van der Waals surface area contributed by atoms with E-state index in [9.17, 15) is 9.90 Å². The molecule has 0 unspecified atom stereocenters. The number of rotatable bonds is 4. The number of carbonyl (C=O) groups is 1. The standard InChI is InChI=1S/C14H17NO3/c1-9-5-3-6-11-10(2)13(14(17)18)15(12(9)11)7-4-8-16/h3,5-6,16H,4,7-8H2,1-2H3,(H,17,18). The second kappa shape index (κ2) is 4.82. The number of carboxylic acids is 1. The van der Waals surface area contributed by atoms with E-state index >= 15 is 0 Å². The van der Waals surface area contributed by atoms with Crippen LogP contribution < -0.4 is 0 Å². The topological polar surface area (TPSA) is 62.5 Å². The lowest BCUT2D eigenvalue weighted by atomic mass is 10.1. The van der Waals surface area contributed by atoms with Gasteiger partial charge in [-0.25, -0.2) is 4.79 Å². The van der Waals surface area contributed by atoms with Gasteiger partial charge in [0.05, 0.1) is 5.52 Å². The molecule has 18 heavy (non-hydrogen) atoms. The number of hydrogen-bond donors (Lipinski definition) is 2. The van der Waals surface area contributed by atoms with Crippen molar-refractivity contribution in [2.24, 2.45) is 0 Å². The van der Waals surface area contributed by atoms with Gasteiger partial charge in [-0.05, 0) is 31.4 Å². The maximum absolute atomic E-state index is 11.4. The molecule has 0 amide bonds. The molecule has 0 aliphatic carbocycles. The van der Waals surface area contributed by atoms with Crippen LogP contribution in [0.4, 0.5) is 0 Å². The average molecular weight is 247 g/mol. The number of aliphatic hydroxyl groups excluding tert-OH is 1. The third-order valence-corrected chi connectivity index (χ3v) is 3.28. The van der Waals surface area contributed by atoms with E-state index in [0.717, 1.165) is 22.0 Å². The minimum absolute atomic E-state index is 0.0592. The predicted octanol–water partition coefficient (Wildman–Crippen LogP) is 2.34. The molecule has 4 nitrogen and oxygen atoms in total. The minimum Gasteiger partial charge on any atom is -0.477 e. The molecule has 0 atom stereocenters. The number of aliphatic hydroxyl groups is 1. The smallest absolute Gasteiger partial charge is 0.352 e. The van der Waals surface area contributed by atoms with E-state index in [1.54, 1.807) is 4.57 Å². The summed E-state index contributed by atoms with van der Waals surface area (Å²) < 4.78 is 1.80. The SMILES string of the molecule is Cc1c(C(=O)O)n(CCCO)c2c(C)cccc12. The van der Waals surface area contributed by atoms with Crippen molar-refractivity contribution in [3.63, 3.8) is 0 Å². The summed E-state index contributed by atoms with van der Waals surface area (Å²) in [6.07, 6.45) is 0.553. The first-order valence-electron chi connectivity index (χ1n) is 6.00. The summed E-state index contributed by atoms with van der Waals surface area (Å²) in [6.45, 7) is 4.39. The van der Waals surface area contributed by atoms with Crippen LogP contribution >= 0.6 is 0 Å². The van der Waals surface area contributed by atoms with Gasteiger partial charge in [0.2, 0.25) is 0 Å². The van der Waals surface area contributed by atoms with Crippen LogP contribution in [0.15, 0.2) is 18.2 Å². The zero-order valence-electron chi connectivity index (χ0n) is 10.6. The molecule has 1 aromatic carbocycles. The van der Waals surface area contributed by atoms with Gasteiger partial charge in [0, 0.05) is 18.5 Å². The van der Waals surface area contributed by atoms with Gasteiger partial charge in [-0.2, -0.15) is 0 Å². The molecular formula is C14H17NO3. The Morgan fingerprint density at radius 2 is 2.06 bits per heavy atom. The van der Waals surface area contributed by atoms with Crippen LogP contribution in [-0.4, -0.2) is 27.4 Å². The van der Waals surface area contributed by atoms with Gasteiger partial charge in [-0.3, -0.25) is 0 Å². The maximum Gasteiger partial charge on any atom is 0.352 e. The van der Waals surface area contributed by atoms with Crippen molar-refractivity contribution in [1.82, 2.24) is 4.57 Å². The van der Waals surface area contributed by atoms with E-state index in [1.165, 1.54) is 0 Å². The molecule has 2 rings (SSSR count). The Hall–Kier alpha value is -1.81. The number of benzene rings is 1. The number of nitrogens with zero attached hydrogens (tertiary/aromatic N) is 1. The van der Waals surface area contributed by atoms with E-state index in [-0.39, 0.29) is 6.61 Å². The summed E-state index contributed by atoms with van der Waals surface area (Å²) in [5, 5.41) is 19.3. The van der Waals surface area contributed by atoms with Crippen LogP contribution in [-0.2, 0) is 6.54 Å². The summed E-state index contributed by atoms with van der Waals surface area (Å²) in [7, 11) is 0. The Kier molecular flexibility index (Phi) is 3.39. The average Bonchev–Trinajstić information content (AvgIpc) is 2.61. The third kappa shape index (κ3) is 1.88. The molecule has 96 valence electrons. The van der Waals surface area contributed by atoms with Crippen molar-refractivity contribution in [2.45, 2.75) is 26.8 Å². The van der Waals surface area contributed by atoms with E-state index in [4.69, 9.17) is 5.11 Å². The van der Waals surface area contributed by atoms with Crippen molar-refractivity contribution in [3.8, 4) is 0 Å². The summed E-state index contributed by atoms with van der Waals surface area (Å²) in [4.78, 5) is 11.4. The molecule has 2 N–H and O–H groups in total. The van der Waals surface area contributed by atoms with E-state index in [1.807, 2.05) is 32.0 Å². The molecule has 4 heteroatoms. The van der Waals surface area contributed by atoms with Crippen LogP contribution in [0.2, 0.25) is 0 Å². The highest BCUT2D eigenvalue weighted by molar-refractivity contribution is 5.99. The Morgan fingerprint density at radius 1 is 1.33 bits per heavy atom. The van der Waals surface area contributed by atoms with Crippen LogP contribution in [0.1, 0.15) is 28.0 Å². The van der Waals surface area contributed by atoms with Crippen molar-refractivity contribution in [1.29, 1.82) is 0 Å². The predicted molar refractivity (Wildman–Crippen MR) is 70.1 cm³/mol. The van der Waals surface area contributed by atoms with Gasteiger partial charge in [0.1, 0.15) is 5.69 Å². The quantitative estimate of drug-likeness (QED) is 0.871. The van der Waals surface area contributed by atoms with Crippen LogP contribution in [0.25, 0.3) is 10.9 Å². The molecule has 0 aliphatic heterocycles. The molecule has 0 saturated heterocycles. The van der Waals surface area contributed by atoms with E-state index in [2.05, 4.69) is 0 Å². The monoisotopic (exact) mass is 247 g/mol. The van der Waals surface area contributed by atoms with Crippen molar-refractivity contribution >= 4 is 16.9 Å². The lowest BCUT2D eigenvalue weighted by Gasteiger charge is -2.09. The normalized spacial score (nSPS) is 11.1. The van der Waals surface area contributed by atoms with Gasteiger partial charge in [0.15, 0.2) is 0 Å². The molecule has 1 aromatic heterocycles. The Bertz CT molecular complexity index is 599. The molecule has 0 radical (unpaired) electrons. The highest BCUT2D eigenvalue weighted by Gasteiger charge is 2.20. The molecule has 0 saturated carbocycles. The molecule has 0 fully saturated rings. The second-order valence-electron chi connectivity index (χ2n) is 4.48. The van der Waals surface area contributed by atoms with E-state index in [0.29, 0.717) is 18.7 Å². The van der Waals surface area contributed by atoms with Crippen LogP contribution in [0.3, 0.4) is 0 Å². The summed E-state index contributed by atoms with van der Waals surface area (Å²) in [5.41, 5.74) is 3.13. The molecule has 1 heterocycles. The fraction of sp³-hybridized carbons (Fsp3) is 0.357. The lowest BCUT2D eigenvalue weighted by molar-refractivity contribution is 0.0684. The highest BCUT2D eigenvalue weighted by atomic mass is 16.4. The first-order chi connectivity index (χ1) is 8.57. The molecule has 0 aliphatic rings. The van der Waals surface area contributed by atoms with Crippen molar-refractivity contribution < 1.29 is 15.0 Å². The van der Waals surface area contributed by atoms with Gasteiger partial charge in [0.25, 0.3) is 0 Å². The number of para-hydroxylation sites is 1. The third-order valence-electron chi connectivity index (χ3n) is 3.28. The Labute approximate surface area is 105 Å². The summed E-state index contributed by atoms with van der Waals surface area (Å²) in [5.74, 6) is -0.916. The first-order valence-corrected chi connectivity index (χ1v) is 6.00. The molecule has 2 aromatic rings. The van der Waals surface area contributed by atoms with Crippen LogP contribution in [0, 0.1) is 13.8 Å². The highest BCUT2D eigenvalue weighted by Crippen LogP contribution is 2.28. The summed E-state index contributed by atoms with van der Waals surface area (Å²) in [6, 6.07) is 5.86. The zero-order chi connectivity index (χ0) is 13.3.